The Morgan fingerprint density at radius 3 is 2.47 bits per heavy atom. The van der Waals surface area contributed by atoms with Crippen LogP contribution in [0, 0.1) is 5.92 Å². The molecule has 98 valence electrons. The van der Waals surface area contributed by atoms with Crippen LogP contribution >= 0.6 is 0 Å². The summed E-state index contributed by atoms with van der Waals surface area (Å²) in [6.45, 7) is 7.74. The molecule has 1 heterocycles. The molecule has 0 N–H and O–H groups in total. The smallest absolute Gasteiger partial charge is 0.0824 e. The summed E-state index contributed by atoms with van der Waals surface area (Å²) >= 11 is 0. The number of aromatic nitrogens is 3. The van der Waals surface area contributed by atoms with Gasteiger partial charge < -0.3 is 0 Å². The van der Waals surface area contributed by atoms with Crippen LogP contribution in [-0.2, 0) is 13.0 Å². The summed E-state index contributed by atoms with van der Waals surface area (Å²) in [5.74, 6) is 0.938. The van der Waals surface area contributed by atoms with Gasteiger partial charge in [0.25, 0.3) is 0 Å². The molecule has 1 rings (SSSR count). The van der Waals surface area contributed by atoms with E-state index in [9.17, 15) is 0 Å². The van der Waals surface area contributed by atoms with Gasteiger partial charge in [-0.2, -0.15) is 0 Å². The zero-order valence-electron chi connectivity index (χ0n) is 11.7. The van der Waals surface area contributed by atoms with Crippen LogP contribution in [-0.4, -0.2) is 15.0 Å². The van der Waals surface area contributed by atoms with Crippen molar-refractivity contribution in [3.8, 4) is 0 Å². The van der Waals surface area contributed by atoms with E-state index in [2.05, 4.69) is 37.3 Å². The first kappa shape index (κ1) is 14.2. The van der Waals surface area contributed by atoms with E-state index >= 15 is 0 Å². The Bertz CT molecular complexity index is 289. The predicted octanol–water partition coefficient (Wildman–Crippen LogP) is 3.84. The van der Waals surface area contributed by atoms with E-state index in [0.29, 0.717) is 0 Å². The minimum Gasteiger partial charge on any atom is -0.252 e. The summed E-state index contributed by atoms with van der Waals surface area (Å²) in [4.78, 5) is 0. The molecular formula is C14H27N3. The number of nitrogens with zero attached hydrogens (tertiary/aromatic N) is 3. The topological polar surface area (TPSA) is 30.7 Å². The van der Waals surface area contributed by atoms with Gasteiger partial charge in [0.2, 0.25) is 0 Å². The van der Waals surface area contributed by atoms with Gasteiger partial charge in [0.15, 0.2) is 0 Å². The van der Waals surface area contributed by atoms with Crippen molar-refractivity contribution in [2.24, 2.45) is 5.92 Å². The van der Waals surface area contributed by atoms with Crippen molar-refractivity contribution in [2.45, 2.75) is 72.3 Å². The standard InChI is InChI=1S/C14H27N3/c1-4-13(5-2)10-8-7-9-11-17-12-14(6-3)15-16-17/h12-13H,4-11H2,1-3H3. The highest BCUT2D eigenvalue weighted by molar-refractivity contribution is 4.90. The molecule has 17 heavy (non-hydrogen) atoms. The van der Waals surface area contributed by atoms with E-state index in [1.54, 1.807) is 0 Å². The molecule has 1 aromatic heterocycles. The molecule has 0 fully saturated rings. The molecule has 0 aliphatic heterocycles. The maximum absolute atomic E-state index is 4.12. The van der Waals surface area contributed by atoms with Gasteiger partial charge in [-0.05, 0) is 18.8 Å². The largest absolute Gasteiger partial charge is 0.252 e. The van der Waals surface area contributed by atoms with E-state index < -0.39 is 0 Å². The van der Waals surface area contributed by atoms with Gasteiger partial charge in [-0.15, -0.1) is 5.10 Å². The lowest BCUT2D eigenvalue weighted by Gasteiger charge is -2.11. The van der Waals surface area contributed by atoms with Crippen LogP contribution in [0.25, 0.3) is 0 Å². The highest BCUT2D eigenvalue weighted by atomic mass is 15.4. The summed E-state index contributed by atoms with van der Waals surface area (Å²) in [5.41, 5.74) is 1.10. The third kappa shape index (κ3) is 5.33. The van der Waals surface area contributed by atoms with Crippen molar-refractivity contribution >= 4 is 0 Å². The van der Waals surface area contributed by atoms with Crippen LogP contribution in [0.5, 0.6) is 0 Å². The summed E-state index contributed by atoms with van der Waals surface area (Å²) < 4.78 is 1.98. The first-order valence-corrected chi connectivity index (χ1v) is 7.19. The van der Waals surface area contributed by atoms with Gasteiger partial charge in [0.1, 0.15) is 0 Å². The van der Waals surface area contributed by atoms with Crippen LogP contribution in [0.3, 0.4) is 0 Å². The SMILES string of the molecule is CCc1cn(CCCCCC(CC)CC)nn1. The molecule has 0 unspecified atom stereocenters. The second kappa shape index (κ2) is 8.26. The van der Waals surface area contributed by atoms with E-state index in [1.807, 2.05) is 4.68 Å². The van der Waals surface area contributed by atoms with E-state index in [1.165, 1.54) is 38.5 Å². The summed E-state index contributed by atoms with van der Waals surface area (Å²) in [7, 11) is 0. The van der Waals surface area contributed by atoms with E-state index in [4.69, 9.17) is 0 Å². The lowest BCUT2D eigenvalue weighted by atomic mass is 9.96. The number of rotatable bonds is 9. The Hall–Kier alpha value is -0.860. The van der Waals surface area contributed by atoms with Gasteiger partial charge >= 0.3 is 0 Å². The van der Waals surface area contributed by atoms with Crippen molar-refractivity contribution < 1.29 is 0 Å². The fourth-order valence-corrected chi connectivity index (χ4v) is 2.19. The van der Waals surface area contributed by atoms with Gasteiger partial charge in [-0.1, -0.05) is 58.1 Å². The minimum absolute atomic E-state index is 0.938. The van der Waals surface area contributed by atoms with Crippen LogP contribution < -0.4 is 0 Å². The fourth-order valence-electron chi connectivity index (χ4n) is 2.19. The minimum atomic E-state index is 0.938. The Kier molecular flexibility index (Phi) is 6.90. The van der Waals surface area contributed by atoms with Gasteiger partial charge in [0, 0.05) is 12.7 Å². The molecule has 3 heteroatoms. The van der Waals surface area contributed by atoms with Crippen molar-refractivity contribution in [1.29, 1.82) is 0 Å². The van der Waals surface area contributed by atoms with Gasteiger partial charge in [-0.3, -0.25) is 4.68 Å². The third-order valence-corrected chi connectivity index (χ3v) is 3.60. The van der Waals surface area contributed by atoms with Crippen molar-refractivity contribution in [3.05, 3.63) is 11.9 Å². The van der Waals surface area contributed by atoms with E-state index in [-0.39, 0.29) is 0 Å². The Labute approximate surface area is 106 Å². The molecule has 0 aliphatic carbocycles. The third-order valence-electron chi connectivity index (χ3n) is 3.60. The lowest BCUT2D eigenvalue weighted by molar-refractivity contribution is 0.421. The quantitative estimate of drug-likeness (QED) is 0.611. The Balaban J connectivity index is 2.07. The zero-order chi connectivity index (χ0) is 12.5. The molecule has 0 radical (unpaired) electrons. The highest BCUT2D eigenvalue weighted by Crippen LogP contribution is 2.16. The van der Waals surface area contributed by atoms with Crippen LogP contribution in [0.4, 0.5) is 0 Å². The molecule has 0 aromatic carbocycles. The Morgan fingerprint density at radius 2 is 1.88 bits per heavy atom. The first-order valence-electron chi connectivity index (χ1n) is 7.19. The van der Waals surface area contributed by atoms with E-state index in [0.717, 1.165) is 24.6 Å². The Morgan fingerprint density at radius 1 is 1.12 bits per heavy atom. The summed E-state index contributed by atoms with van der Waals surface area (Å²) in [5, 5.41) is 8.22. The van der Waals surface area contributed by atoms with Crippen molar-refractivity contribution in [1.82, 2.24) is 15.0 Å². The van der Waals surface area contributed by atoms with Crippen LogP contribution in [0.1, 0.15) is 65.0 Å². The van der Waals surface area contributed by atoms with Crippen molar-refractivity contribution in [2.75, 3.05) is 0 Å². The second-order valence-corrected chi connectivity index (χ2v) is 4.86. The summed E-state index contributed by atoms with van der Waals surface area (Å²) in [6.07, 6.45) is 11.0. The maximum Gasteiger partial charge on any atom is 0.0824 e. The molecule has 0 saturated carbocycles. The number of hydrogen-bond acceptors (Lipinski definition) is 2. The normalized spacial score (nSPS) is 11.3. The molecule has 1 aromatic rings. The fraction of sp³-hybridized carbons (Fsp3) is 0.857. The van der Waals surface area contributed by atoms with Gasteiger partial charge in [0.05, 0.1) is 5.69 Å². The first-order chi connectivity index (χ1) is 8.30. The predicted molar refractivity (Wildman–Crippen MR) is 71.9 cm³/mol. The molecule has 0 saturated heterocycles. The molecule has 0 atom stereocenters. The monoisotopic (exact) mass is 237 g/mol. The average molecular weight is 237 g/mol. The maximum atomic E-state index is 4.12. The number of hydrogen-bond donors (Lipinski definition) is 0. The average Bonchev–Trinajstić information content (AvgIpc) is 2.82. The number of aryl methyl sites for hydroxylation is 2. The lowest BCUT2D eigenvalue weighted by Crippen LogP contribution is -2.00. The summed E-state index contributed by atoms with van der Waals surface area (Å²) in [6, 6.07) is 0. The van der Waals surface area contributed by atoms with Gasteiger partial charge in [-0.25, -0.2) is 0 Å². The van der Waals surface area contributed by atoms with Crippen LogP contribution in [0.15, 0.2) is 6.20 Å². The molecule has 0 amide bonds. The molecule has 0 spiro atoms. The molecule has 0 aliphatic rings. The van der Waals surface area contributed by atoms with Crippen LogP contribution in [0.2, 0.25) is 0 Å². The highest BCUT2D eigenvalue weighted by Gasteiger charge is 2.03. The zero-order valence-corrected chi connectivity index (χ0v) is 11.7. The second-order valence-electron chi connectivity index (χ2n) is 4.86. The molecule has 0 bridgehead atoms. The molecular weight excluding hydrogens is 210 g/mol. The molecule has 3 nitrogen and oxygen atoms in total. The number of unbranched alkanes of at least 4 members (excludes halogenated alkanes) is 2. The van der Waals surface area contributed by atoms with Crippen molar-refractivity contribution in [3.63, 3.8) is 0 Å².